The van der Waals surface area contributed by atoms with E-state index >= 15 is 0 Å². The first-order chi connectivity index (χ1) is 7.66. The van der Waals surface area contributed by atoms with Crippen LogP contribution >= 0.6 is 11.8 Å². The van der Waals surface area contributed by atoms with E-state index in [0.717, 1.165) is 12.1 Å². The van der Waals surface area contributed by atoms with E-state index in [9.17, 15) is 0 Å². The molecule has 88 valence electrons. The van der Waals surface area contributed by atoms with Gasteiger partial charge in [-0.15, -0.1) is 11.8 Å². The van der Waals surface area contributed by atoms with Gasteiger partial charge in [0, 0.05) is 21.9 Å². The molecule has 1 aromatic rings. The minimum absolute atomic E-state index is 0.332. The summed E-state index contributed by atoms with van der Waals surface area (Å²) in [6.45, 7) is 2.10. The Labute approximate surface area is 102 Å². The Bertz CT molecular complexity index is 365. The number of thioether (sulfide) groups is 1. The van der Waals surface area contributed by atoms with Crippen LogP contribution in [0, 0.1) is 6.92 Å². The molecular weight excluding hydrogens is 216 g/mol. The molecule has 16 heavy (non-hydrogen) atoms. The first-order valence-corrected chi connectivity index (χ1v) is 6.83. The largest absolute Gasteiger partial charge is 0.398 e. The molecule has 1 aromatic carbocycles. The highest BCUT2D eigenvalue weighted by Gasteiger charge is 2.23. The minimum atomic E-state index is 0.332. The molecule has 2 atom stereocenters. The molecule has 2 nitrogen and oxygen atoms in total. The first kappa shape index (κ1) is 11.8. The van der Waals surface area contributed by atoms with Crippen molar-refractivity contribution in [2.24, 2.45) is 5.73 Å². The molecular formula is C13H20N2S. The van der Waals surface area contributed by atoms with Crippen LogP contribution in [0.4, 0.5) is 5.69 Å². The molecule has 0 saturated heterocycles. The third-order valence-corrected chi connectivity index (χ3v) is 4.70. The second-order valence-electron chi connectivity index (χ2n) is 4.65. The summed E-state index contributed by atoms with van der Waals surface area (Å²) in [6.07, 6.45) is 4.96. The SMILES string of the molecule is Cc1ccc(N)c(SC2CCCCC2N)c1. The van der Waals surface area contributed by atoms with Gasteiger partial charge in [0.25, 0.3) is 0 Å². The summed E-state index contributed by atoms with van der Waals surface area (Å²) in [5.41, 5.74) is 14.3. The van der Waals surface area contributed by atoms with Crippen LogP contribution in [-0.2, 0) is 0 Å². The van der Waals surface area contributed by atoms with Crippen molar-refractivity contribution in [3.63, 3.8) is 0 Å². The Morgan fingerprint density at radius 3 is 2.75 bits per heavy atom. The highest BCUT2D eigenvalue weighted by Crippen LogP contribution is 2.36. The van der Waals surface area contributed by atoms with Crippen LogP contribution in [-0.4, -0.2) is 11.3 Å². The van der Waals surface area contributed by atoms with Gasteiger partial charge in [-0.1, -0.05) is 18.9 Å². The van der Waals surface area contributed by atoms with Crippen molar-refractivity contribution in [1.82, 2.24) is 0 Å². The Morgan fingerprint density at radius 2 is 2.00 bits per heavy atom. The predicted molar refractivity (Wildman–Crippen MR) is 71.7 cm³/mol. The molecule has 3 heteroatoms. The Morgan fingerprint density at radius 1 is 1.25 bits per heavy atom. The number of aryl methyl sites for hydroxylation is 1. The van der Waals surface area contributed by atoms with E-state index in [-0.39, 0.29) is 0 Å². The van der Waals surface area contributed by atoms with Crippen molar-refractivity contribution < 1.29 is 0 Å². The van der Waals surface area contributed by atoms with E-state index in [0.29, 0.717) is 11.3 Å². The average Bonchev–Trinajstić information content (AvgIpc) is 2.27. The van der Waals surface area contributed by atoms with E-state index in [2.05, 4.69) is 19.1 Å². The van der Waals surface area contributed by atoms with E-state index < -0.39 is 0 Å². The monoisotopic (exact) mass is 236 g/mol. The van der Waals surface area contributed by atoms with Crippen LogP contribution in [0.1, 0.15) is 31.2 Å². The summed E-state index contributed by atoms with van der Waals surface area (Å²) in [5.74, 6) is 0. The highest BCUT2D eigenvalue weighted by molar-refractivity contribution is 8.00. The summed E-state index contributed by atoms with van der Waals surface area (Å²) < 4.78 is 0. The Hall–Kier alpha value is -0.670. The van der Waals surface area contributed by atoms with Gasteiger partial charge in [-0.2, -0.15) is 0 Å². The van der Waals surface area contributed by atoms with Gasteiger partial charge in [0.1, 0.15) is 0 Å². The van der Waals surface area contributed by atoms with Gasteiger partial charge in [0.2, 0.25) is 0 Å². The molecule has 0 heterocycles. The van der Waals surface area contributed by atoms with Gasteiger partial charge in [-0.25, -0.2) is 0 Å². The van der Waals surface area contributed by atoms with Crippen LogP contribution in [0.3, 0.4) is 0 Å². The fourth-order valence-corrected chi connectivity index (χ4v) is 3.56. The molecule has 0 spiro atoms. The summed E-state index contributed by atoms with van der Waals surface area (Å²) in [7, 11) is 0. The van der Waals surface area contributed by atoms with Crippen molar-refractivity contribution in [2.75, 3.05) is 5.73 Å². The molecule has 2 rings (SSSR count). The third-order valence-electron chi connectivity index (χ3n) is 3.20. The number of hydrogen-bond donors (Lipinski definition) is 2. The molecule has 0 amide bonds. The van der Waals surface area contributed by atoms with Crippen LogP contribution in [0.15, 0.2) is 23.1 Å². The molecule has 0 aromatic heterocycles. The molecule has 1 fully saturated rings. The lowest BCUT2D eigenvalue weighted by atomic mass is 9.96. The molecule has 2 unspecified atom stereocenters. The van der Waals surface area contributed by atoms with Crippen molar-refractivity contribution in [1.29, 1.82) is 0 Å². The lowest BCUT2D eigenvalue weighted by Gasteiger charge is -2.28. The first-order valence-electron chi connectivity index (χ1n) is 5.95. The van der Waals surface area contributed by atoms with Crippen LogP contribution in [0.2, 0.25) is 0 Å². The van der Waals surface area contributed by atoms with E-state index in [1.54, 1.807) is 0 Å². The van der Waals surface area contributed by atoms with Crippen molar-refractivity contribution in [3.05, 3.63) is 23.8 Å². The maximum atomic E-state index is 6.15. The number of nitrogen functional groups attached to an aromatic ring is 1. The fraction of sp³-hybridized carbons (Fsp3) is 0.538. The van der Waals surface area contributed by atoms with Crippen LogP contribution < -0.4 is 11.5 Å². The predicted octanol–water partition coefficient (Wildman–Crippen LogP) is 2.94. The lowest BCUT2D eigenvalue weighted by Crippen LogP contribution is -2.35. The van der Waals surface area contributed by atoms with Crippen LogP contribution in [0.5, 0.6) is 0 Å². The lowest BCUT2D eigenvalue weighted by molar-refractivity contribution is 0.453. The zero-order valence-electron chi connectivity index (χ0n) is 9.78. The summed E-state index contributed by atoms with van der Waals surface area (Å²) in [6, 6.07) is 6.55. The molecule has 1 aliphatic carbocycles. The van der Waals surface area contributed by atoms with E-state index in [1.807, 2.05) is 17.8 Å². The van der Waals surface area contributed by atoms with Gasteiger partial charge in [-0.3, -0.25) is 0 Å². The van der Waals surface area contributed by atoms with E-state index in [4.69, 9.17) is 11.5 Å². The van der Waals surface area contributed by atoms with Gasteiger partial charge < -0.3 is 11.5 Å². The maximum Gasteiger partial charge on any atom is 0.0452 e. The third kappa shape index (κ3) is 2.71. The minimum Gasteiger partial charge on any atom is -0.398 e. The quantitative estimate of drug-likeness (QED) is 0.776. The number of benzene rings is 1. The zero-order valence-corrected chi connectivity index (χ0v) is 10.6. The Balaban J connectivity index is 2.10. The second kappa shape index (κ2) is 5.11. The normalized spacial score (nSPS) is 25.6. The maximum absolute atomic E-state index is 6.15. The number of anilines is 1. The fourth-order valence-electron chi connectivity index (χ4n) is 2.18. The summed E-state index contributed by atoms with van der Waals surface area (Å²) >= 11 is 1.86. The van der Waals surface area contributed by atoms with Gasteiger partial charge >= 0.3 is 0 Å². The molecule has 1 saturated carbocycles. The molecule has 0 radical (unpaired) electrons. The molecule has 4 N–H and O–H groups in total. The van der Waals surface area contributed by atoms with Crippen molar-refractivity contribution in [2.45, 2.75) is 48.8 Å². The average molecular weight is 236 g/mol. The summed E-state index contributed by atoms with van der Waals surface area (Å²) in [4.78, 5) is 1.20. The van der Waals surface area contributed by atoms with Crippen molar-refractivity contribution in [3.8, 4) is 0 Å². The molecule has 0 bridgehead atoms. The number of hydrogen-bond acceptors (Lipinski definition) is 3. The topological polar surface area (TPSA) is 52.0 Å². The molecule has 1 aliphatic rings. The highest BCUT2D eigenvalue weighted by atomic mass is 32.2. The standard InChI is InChI=1S/C13H20N2S/c1-9-6-7-11(15)13(8-9)16-12-5-3-2-4-10(12)14/h6-8,10,12H,2-5,14-15H2,1H3. The van der Waals surface area contributed by atoms with Crippen LogP contribution in [0.25, 0.3) is 0 Å². The van der Waals surface area contributed by atoms with Gasteiger partial charge in [0.15, 0.2) is 0 Å². The summed E-state index contributed by atoms with van der Waals surface area (Å²) in [5, 5.41) is 0.540. The van der Waals surface area contributed by atoms with Gasteiger partial charge in [0.05, 0.1) is 0 Å². The van der Waals surface area contributed by atoms with Crippen molar-refractivity contribution >= 4 is 17.4 Å². The number of rotatable bonds is 2. The Kier molecular flexibility index (Phi) is 3.77. The molecule has 0 aliphatic heterocycles. The number of nitrogens with two attached hydrogens (primary N) is 2. The second-order valence-corrected chi connectivity index (χ2v) is 5.93. The smallest absolute Gasteiger partial charge is 0.0452 e. The zero-order chi connectivity index (χ0) is 11.5. The van der Waals surface area contributed by atoms with Gasteiger partial charge in [-0.05, 0) is 37.5 Å². The van der Waals surface area contributed by atoms with E-state index in [1.165, 1.54) is 29.7 Å².